The van der Waals surface area contributed by atoms with Gasteiger partial charge in [-0.2, -0.15) is 0 Å². The monoisotopic (exact) mass is 670 g/mol. The Bertz CT molecular complexity index is 1020. The molecule has 174 valence electrons. The van der Waals surface area contributed by atoms with Gasteiger partial charge in [0.05, 0.1) is 12.2 Å². The van der Waals surface area contributed by atoms with Crippen molar-refractivity contribution in [2.75, 3.05) is 22.5 Å². The van der Waals surface area contributed by atoms with Gasteiger partial charge in [0.15, 0.2) is 5.82 Å². The number of hydrogen-bond acceptors (Lipinski definition) is 5. The number of carbonyl (C=O) groups is 1. The normalized spacial score (nSPS) is 12.7. The standard InChI is InChI=1S/C25H28I2N4O2/c1-18-7-8-20(24-29-14-5-15-30-24)21(16-18)25(32)31(2)22(10-12-27)19(9-11-26)17-33-23-6-3-4-13-28-23/h3-8,13-16,19,22H,9-12,17H2,1-2H3. The molecular weight excluding hydrogens is 642 g/mol. The second kappa shape index (κ2) is 13.2. The van der Waals surface area contributed by atoms with Gasteiger partial charge in [-0.25, -0.2) is 15.0 Å². The van der Waals surface area contributed by atoms with Crippen LogP contribution in [0.3, 0.4) is 0 Å². The number of alkyl halides is 2. The van der Waals surface area contributed by atoms with Gasteiger partial charge < -0.3 is 9.64 Å². The number of nitrogens with zero attached hydrogens (tertiary/aromatic N) is 4. The molecule has 0 saturated heterocycles. The second-order valence-electron chi connectivity index (χ2n) is 7.80. The summed E-state index contributed by atoms with van der Waals surface area (Å²) < 4.78 is 7.96. The maximum atomic E-state index is 13.8. The van der Waals surface area contributed by atoms with Crippen LogP contribution in [0.1, 0.15) is 28.8 Å². The van der Waals surface area contributed by atoms with Crippen molar-refractivity contribution < 1.29 is 9.53 Å². The van der Waals surface area contributed by atoms with Crippen LogP contribution in [0.15, 0.2) is 61.1 Å². The highest BCUT2D eigenvalue weighted by atomic mass is 127. The van der Waals surface area contributed by atoms with Gasteiger partial charge in [0.1, 0.15) is 0 Å². The fraction of sp³-hybridized carbons (Fsp3) is 0.360. The molecule has 0 bridgehead atoms. The summed E-state index contributed by atoms with van der Waals surface area (Å²) in [6.07, 6.45) is 6.97. The zero-order valence-corrected chi connectivity index (χ0v) is 23.1. The SMILES string of the molecule is Cc1ccc(-c2ncccn2)c(C(=O)N(C)C(CCI)C(CCI)COc2ccccn2)c1. The smallest absolute Gasteiger partial charge is 0.254 e. The van der Waals surface area contributed by atoms with Crippen molar-refractivity contribution in [1.82, 2.24) is 19.9 Å². The highest BCUT2D eigenvalue weighted by Crippen LogP contribution is 2.27. The largest absolute Gasteiger partial charge is 0.477 e. The topological polar surface area (TPSA) is 68.2 Å². The minimum Gasteiger partial charge on any atom is -0.477 e. The molecule has 0 fully saturated rings. The van der Waals surface area contributed by atoms with Crippen LogP contribution < -0.4 is 4.74 Å². The van der Waals surface area contributed by atoms with E-state index in [0.717, 1.165) is 32.8 Å². The minimum atomic E-state index is -0.0210. The van der Waals surface area contributed by atoms with E-state index in [1.807, 2.05) is 55.3 Å². The van der Waals surface area contributed by atoms with Gasteiger partial charge in [-0.15, -0.1) is 0 Å². The molecule has 2 heterocycles. The van der Waals surface area contributed by atoms with Crippen LogP contribution >= 0.6 is 45.2 Å². The van der Waals surface area contributed by atoms with Gasteiger partial charge in [0.25, 0.3) is 5.91 Å². The first kappa shape index (κ1) is 25.8. The molecule has 1 aromatic carbocycles. The molecule has 0 aliphatic carbocycles. The molecule has 0 spiro atoms. The maximum Gasteiger partial charge on any atom is 0.254 e. The van der Waals surface area contributed by atoms with Crippen molar-refractivity contribution in [3.05, 3.63) is 72.2 Å². The van der Waals surface area contributed by atoms with Crippen molar-refractivity contribution in [3.8, 4) is 17.3 Å². The molecule has 2 atom stereocenters. The number of amides is 1. The predicted octanol–water partition coefficient (Wildman–Crippen LogP) is 5.63. The van der Waals surface area contributed by atoms with Crippen molar-refractivity contribution in [1.29, 1.82) is 0 Å². The Balaban J connectivity index is 1.88. The van der Waals surface area contributed by atoms with E-state index in [1.165, 1.54) is 0 Å². The molecule has 0 aliphatic rings. The van der Waals surface area contributed by atoms with Crippen LogP contribution in [0.5, 0.6) is 5.88 Å². The van der Waals surface area contributed by atoms with Crippen LogP contribution in [0.25, 0.3) is 11.4 Å². The van der Waals surface area contributed by atoms with Crippen LogP contribution in [0, 0.1) is 12.8 Å². The third kappa shape index (κ3) is 7.08. The summed E-state index contributed by atoms with van der Waals surface area (Å²) in [5, 5.41) is 0. The number of aromatic nitrogens is 3. The van der Waals surface area contributed by atoms with Crippen LogP contribution in [0.2, 0.25) is 0 Å². The first-order valence-corrected chi connectivity index (χ1v) is 13.9. The number of pyridine rings is 1. The molecule has 3 aromatic rings. The zero-order chi connectivity index (χ0) is 23.6. The molecule has 2 unspecified atom stereocenters. The van der Waals surface area contributed by atoms with Gasteiger partial charge in [-0.05, 0) is 42.4 Å². The van der Waals surface area contributed by atoms with Crippen molar-refractivity contribution in [2.45, 2.75) is 25.8 Å². The lowest BCUT2D eigenvalue weighted by atomic mass is 9.93. The van der Waals surface area contributed by atoms with E-state index in [-0.39, 0.29) is 17.9 Å². The van der Waals surface area contributed by atoms with Crippen LogP contribution in [-0.4, -0.2) is 54.3 Å². The van der Waals surface area contributed by atoms with Crippen LogP contribution in [0.4, 0.5) is 0 Å². The number of carbonyl (C=O) groups excluding carboxylic acids is 1. The lowest BCUT2D eigenvalue weighted by Crippen LogP contribution is -2.44. The molecular formula is C25H28I2N4O2. The van der Waals surface area contributed by atoms with Gasteiger partial charge in [0.2, 0.25) is 5.88 Å². The highest BCUT2D eigenvalue weighted by Gasteiger charge is 2.30. The quantitative estimate of drug-likeness (QED) is 0.196. The van der Waals surface area contributed by atoms with Gasteiger partial charge >= 0.3 is 0 Å². The molecule has 8 heteroatoms. The van der Waals surface area contributed by atoms with Gasteiger partial charge in [-0.3, -0.25) is 4.79 Å². The van der Waals surface area contributed by atoms with E-state index < -0.39 is 0 Å². The van der Waals surface area contributed by atoms with Crippen LogP contribution in [-0.2, 0) is 0 Å². The highest BCUT2D eigenvalue weighted by molar-refractivity contribution is 14.1. The Morgan fingerprint density at radius 1 is 1.00 bits per heavy atom. The van der Waals surface area contributed by atoms with E-state index in [0.29, 0.717) is 23.9 Å². The first-order chi connectivity index (χ1) is 16.0. The molecule has 3 rings (SSSR count). The van der Waals surface area contributed by atoms with Gasteiger partial charge in [0, 0.05) is 53.7 Å². The van der Waals surface area contributed by atoms with E-state index in [2.05, 4.69) is 60.1 Å². The molecule has 0 N–H and O–H groups in total. The van der Waals surface area contributed by atoms with E-state index in [1.54, 1.807) is 24.7 Å². The average Bonchev–Trinajstić information content (AvgIpc) is 2.85. The lowest BCUT2D eigenvalue weighted by molar-refractivity contribution is 0.0617. The summed E-state index contributed by atoms with van der Waals surface area (Å²) in [4.78, 5) is 28.7. The Morgan fingerprint density at radius 3 is 2.39 bits per heavy atom. The summed E-state index contributed by atoms with van der Waals surface area (Å²) in [5.74, 6) is 1.34. The fourth-order valence-electron chi connectivity index (χ4n) is 3.82. The molecule has 0 radical (unpaired) electrons. The molecule has 6 nitrogen and oxygen atoms in total. The Labute approximate surface area is 222 Å². The first-order valence-electron chi connectivity index (χ1n) is 10.9. The fourth-order valence-corrected chi connectivity index (χ4v) is 5.26. The molecule has 0 aliphatic heterocycles. The number of ether oxygens (including phenoxy) is 1. The van der Waals surface area contributed by atoms with Crippen molar-refractivity contribution in [3.63, 3.8) is 0 Å². The Morgan fingerprint density at radius 2 is 1.73 bits per heavy atom. The Hall–Kier alpha value is -1.82. The van der Waals surface area contributed by atoms with Gasteiger partial charge in [-0.1, -0.05) is 68.9 Å². The van der Waals surface area contributed by atoms with E-state index >= 15 is 0 Å². The summed E-state index contributed by atoms with van der Waals surface area (Å²) in [6.45, 7) is 2.51. The van der Waals surface area contributed by atoms with E-state index in [9.17, 15) is 4.79 Å². The molecule has 1 amide bonds. The number of hydrogen-bond donors (Lipinski definition) is 0. The third-order valence-electron chi connectivity index (χ3n) is 5.54. The minimum absolute atomic E-state index is 0.0210. The number of halogens is 2. The summed E-state index contributed by atoms with van der Waals surface area (Å²) in [6, 6.07) is 13.3. The molecule has 2 aromatic heterocycles. The zero-order valence-electron chi connectivity index (χ0n) is 18.8. The summed E-state index contributed by atoms with van der Waals surface area (Å²) in [7, 11) is 1.90. The second-order valence-corrected chi connectivity index (χ2v) is 9.96. The van der Waals surface area contributed by atoms with E-state index in [4.69, 9.17) is 4.74 Å². The Kier molecular flexibility index (Phi) is 10.3. The summed E-state index contributed by atoms with van der Waals surface area (Å²) in [5.41, 5.74) is 2.40. The average molecular weight is 670 g/mol. The lowest BCUT2D eigenvalue weighted by Gasteiger charge is -2.34. The number of benzene rings is 1. The number of aryl methyl sites for hydroxylation is 1. The van der Waals surface area contributed by atoms with Crippen molar-refractivity contribution in [2.24, 2.45) is 5.92 Å². The number of rotatable bonds is 11. The molecule has 0 saturated carbocycles. The maximum absolute atomic E-state index is 13.8. The molecule has 33 heavy (non-hydrogen) atoms. The summed E-state index contributed by atoms with van der Waals surface area (Å²) >= 11 is 4.78. The third-order valence-corrected chi connectivity index (χ3v) is 6.79. The van der Waals surface area contributed by atoms with Crippen molar-refractivity contribution >= 4 is 51.1 Å². The predicted molar refractivity (Wildman–Crippen MR) is 148 cm³/mol.